The molecule has 0 saturated carbocycles. The van der Waals surface area contributed by atoms with Gasteiger partial charge in [-0.2, -0.15) is 0 Å². The maximum atomic E-state index is 9.74. The normalized spacial score (nSPS) is 10.4. The summed E-state index contributed by atoms with van der Waals surface area (Å²) in [6.07, 6.45) is 3.68. The fourth-order valence-electron chi connectivity index (χ4n) is 1.56. The van der Waals surface area contributed by atoms with Gasteiger partial charge in [0.2, 0.25) is 0 Å². The van der Waals surface area contributed by atoms with Crippen LogP contribution in [0.4, 0.5) is 0 Å². The molecule has 1 rings (SSSR count). The highest BCUT2D eigenvalue weighted by atomic mass is 16.5. The number of hydrogen-bond donors (Lipinski definition) is 2. The molecule has 1 aromatic rings. The highest BCUT2D eigenvalue weighted by Crippen LogP contribution is 2.36. The minimum atomic E-state index is -0.0775. The monoisotopic (exact) mass is 224 g/mol. The van der Waals surface area contributed by atoms with Crippen LogP contribution in [0.2, 0.25) is 0 Å². The molecule has 0 fully saturated rings. The van der Waals surface area contributed by atoms with Gasteiger partial charge < -0.3 is 14.9 Å². The lowest BCUT2D eigenvalue weighted by Crippen LogP contribution is -2.00. The number of unbranched alkanes of at least 4 members (excludes halogenated alkanes) is 1. The topological polar surface area (TPSA) is 49.7 Å². The molecule has 3 heteroatoms. The van der Waals surface area contributed by atoms with E-state index in [0.717, 1.165) is 19.3 Å². The van der Waals surface area contributed by atoms with Gasteiger partial charge in [0.05, 0.1) is 6.61 Å². The average Bonchev–Trinajstić information content (AvgIpc) is 2.28. The van der Waals surface area contributed by atoms with Crippen LogP contribution in [0.15, 0.2) is 12.1 Å². The Morgan fingerprint density at radius 2 is 1.88 bits per heavy atom. The van der Waals surface area contributed by atoms with Crippen LogP contribution in [0.1, 0.15) is 38.7 Å². The van der Waals surface area contributed by atoms with E-state index in [1.165, 1.54) is 6.07 Å². The third kappa shape index (κ3) is 3.05. The molecule has 0 aliphatic rings. The zero-order valence-corrected chi connectivity index (χ0v) is 9.99. The lowest BCUT2D eigenvalue weighted by molar-refractivity contribution is 0.301. The Labute approximate surface area is 96.7 Å². The van der Waals surface area contributed by atoms with Gasteiger partial charge in [0.1, 0.15) is 5.75 Å². The highest BCUT2D eigenvalue weighted by Gasteiger charge is 2.12. The maximum Gasteiger partial charge on any atom is 0.164 e. The molecule has 2 N–H and O–H groups in total. The predicted octanol–water partition coefficient (Wildman–Crippen LogP) is 3.23. The van der Waals surface area contributed by atoms with E-state index >= 15 is 0 Å². The Hall–Kier alpha value is -1.38. The SMILES string of the molecule is CCCCOc1ccc(O)c(O)c1CCC. The fourth-order valence-corrected chi connectivity index (χ4v) is 1.56. The first-order chi connectivity index (χ1) is 7.70. The minimum Gasteiger partial charge on any atom is -0.504 e. The summed E-state index contributed by atoms with van der Waals surface area (Å²) >= 11 is 0. The molecule has 0 spiro atoms. The third-order valence-electron chi connectivity index (χ3n) is 2.47. The van der Waals surface area contributed by atoms with E-state index in [4.69, 9.17) is 4.74 Å². The van der Waals surface area contributed by atoms with E-state index in [1.54, 1.807) is 6.07 Å². The summed E-state index contributed by atoms with van der Waals surface area (Å²) in [7, 11) is 0. The van der Waals surface area contributed by atoms with Crippen LogP contribution in [-0.2, 0) is 6.42 Å². The smallest absolute Gasteiger partial charge is 0.164 e. The summed E-state index contributed by atoms with van der Waals surface area (Å²) in [5.74, 6) is 0.563. The molecular formula is C13H20O3. The quantitative estimate of drug-likeness (QED) is 0.576. The highest BCUT2D eigenvalue weighted by molar-refractivity contribution is 5.52. The lowest BCUT2D eigenvalue weighted by atomic mass is 10.1. The fraction of sp³-hybridized carbons (Fsp3) is 0.538. The number of phenolic OH excluding ortho intramolecular Hbond substituents is 2. The third-order valence-corrected chi connectivity index (χ3v) is 2.47. The lowest BCUT2D eigenvalue weighted by Gasteiger charge is -2.13. The standard InChI is InChI=1S/C13H20O3/c1-3-5-9-16-12-8-7-11(14)13(15)10(12)6-4-2/h7-8,14-15H,3-6,9H2,1-2H3. The summed E-state index contributed by atoms with van der Waals surface area (Å²) < 4.78 is 5.59. The predicted molar refractivity (Wildman–Crippen MR) is 64.2 cm³/mol. The van der Waals surface area contributed by atoms with Crippen LogP contribution in [0.25, 0.3) is 0 Å². The average molecular weight is 224 g/mol. The summed E-state index contributed by atoms with van der Waals surface area (Å²) in [6.45, 7) is 4.78. The van der Waals surface area contributed by atoms with Crippen LogP contribution in [0.5, 0.6) is 17.2 Å². The molecule has 0 atom stereocenters. The number of hydrogen-bond acceptors (Lipinski definition) is 3. The van der Waals surface area contributed by atoms with Gasteiger partial charge in [0, 0.05) is 5.56 Å². The molecule has 0 aromatic heterocycles. The zero-order valence-electron chi connectivity index (χ0n) is 9.99. The molecule has 0 radical (unpaired) electrons. The molecule has 0 aliphatic heterocycles. The summed E-state index contributed by atoms with van der Waals surface area (Å²) in [5, 5.41) is 19.2. The van der Waals surface area contributed by atoms with Crippen LogP contribution in [0, 0.1) is 0 Å². The van der Waals surface area contributed by atoms with Crippen LogP contribution in [-0.4, -0.2) is 16.8 Å². The molecule has 3 nitrogen and oxygen atoms in total. The van der Waals surface area contributed by atoms with Crippen molar-refractivity contribution in [2.45, 2.75) is 39.5 Å². The summed E-state index contributed by atoms with van der Waals surface area (Å²) in [6, 6.07) is 3.19. The van der Waals surface area contributed by atoms with Crippen LogP contribution < -0.4 is 4.74 Å². The van der Waals surface area contributed by atoms with Gasteiger partial charge in [-0.1, -0.05) is 26.7 Å². The Kier molecular flexibility index (Phi) is 4.96. The van der Waals surface area contributed by atoms with E-state index in [-0.39, 0.29) is 11.5 Å². The molecule has 0 bridgehead atoms. The van der Waals surface area contributed by atoms with Crippen molar-refractivity contribution in [3.05, 3.63) is 17.7 Å². The number of phenols is 2. The minimum absolute atomic E-state index is 0.0455. The molecule has 0 aliphatic carbocycles. The Balaban J connectivity index is 2.85. The first-order valence-electron chi connectivity index (χ1n) is 5.87. The molecule has 1 aromatic carbocycles. The number of aromatic hydroxyl groups is 2. The number of rotatable bonds is 6. The molecule has 0 heterocycles. The van der Waals surface area contributed by atoms with Crippen molar-refractivity contribution in [1.29, 1.82) is 0 Å². The van der Waals surface area contributed by atoms with Crippen LogP contribution in [0.3, 0.4) is 0 Å². The molecule has 16 heavy (non-hydrogen) atoms. The van der Waals surface area contributed by atoms with Crippen molar-refractivity contribution in [2.75, 3.05) is 6.61 Å². The maximum absolute atomic E-state index is 9.74. The van der Waals surface area contributed by atoms with E-state index < -0.39 is 0 Å². The summed E-state index contributed by atoms with van der Waals surface area (Å²) in [5.41, 5.74) is 0.707. The van der Waals surface area contributed by atoms with Crippen molar-refractivity contribution in [3.8, 4) is 17.2 Å². The van der Waals surface area contributed by atoms with Gasteiger partial charge in [-0.3, -0.25) is 0 Å². The molecule has 90 valence electrons. The largest absolute Gasteiger partial charge is 0.504 e. The Morgan fingerprint density at radius 3 is 2.50 bits per heavy atom. The van der Waals surface area contributed by atoms with E-state index in [1.807, 2.05) is 6.92 Å². The van der Waals surface area contributed by atoms with Crippen molar-refractivity contribution in [2.24, 2.45) is 0 Å². The first kappa shape index (κ1) is 12.7. The van der Waals surface area contributed by atoms with Crippen molar-refractivity contribution >= 4 is 0 Å². The molecule has 0 saturated heterocycles. The van der Waals surface area contributed by atoms with Crippen molar-refractivity contribution in [3.63, 3.8) is 0 Å². The first-order valence-corrected chi connectivity index (χ1v) is 5.87. The van der Waals surface area contributed by atoms with E-state index in [9.17, 15) is 10.2 Å². The molecular weight excluding hydrogens is 204 g/mol. The van der Waals surface area contributed by atoms with Gasteiger partial charge in [0.25, 0.3) is 0 Å². The Morgan fingerprint density at radius 1 is 1.12 bits per heavy atom. The van der Waals surface area contributed by atoms with Gasteiger partial charge in [-0.25, -0.2) is 0 Å². The second-order valence-corrected chi connectivity index (χ2v) is 3.86. The van der Waals surface area contributed by atoms with Crippen molar-refractivity contribution < 1.29 is 14.9 Å². The zero-order chi connectivity index (χ0) is 12.0. The Bertz CT molecular complexity index is 334. The van der Waals surface area contributed by atoms with Gasteiger partial charge in [-0.05, 0) is 25.0 Å². The van der Waals surface area contributed by atoms with Gasteiger partial charge >= 0.3 is 0 Å². The molecule has 0 amide bonds. The molecule has 0 unspecified atom stereocenters. The van der Waals surface area contributed by atoms with Gasteiger partial charge in [0.15, 0.2) is 11.5 Å². The van der Waals surface area contributed by atoms with Crippen LogP contribution >= 0.6 is 0 Å². The second kappa shape index (κ2) is 6.26. The van der Waals surface area contributed by atoms with E-state index in [2.05, 4.69) is 6.92 Å². The van der Waals surface area contributed by atoms with Crippen molar-refractivity contribution in [1.82, 2.24) is 0 Å². The van der Waals surface area contributed by atoms with Gasteiger partial charge in [-0.15, -0.1) is 0 Å². The van der Waals surface area contributed by atoms with E-state index in [0.29, 0.717) is 24.3 Å². The summed E-state index contributed by atoms with van der Waals surface area (Å²) in [4.78, 5) is 0. The number of benzene rings is 1. The number of ether oxygens (including phenoxy) is 1. The second-order valence-electron chi connectivity index (χ2n) is 3.86.